The third-order valence-corrected chi connectivity index (χ3v) is 8.85. The highest BCUT2D eigenvalue weighted by Crippen LogP contribution is 2.30. The van der Waals surface area contributed by atoms with E-state index in [-0.39, 0.29) is 28.9 Å². The minimum Gasteiger partial charge on any atom is -0.335 e. The molecule has 1 aromatic carbocycles. The predicted molar refractivity (Wildman–Crippen MR) is 112 cm³/mol. The van der Waals surface area contributed by atoms with Crippen LogP contribution in [0.4, 0.5) is 0 Å². The fourth-order valence-electron chi connectivity index (χ4n) is 2.97. The van der Waals surface area contributed by atoms with Gasteiger partial charge in [-0.3, -0.25) is 4.79 Å². The van der Waals surface area contributed by atoms with Crippen molar-refractivity contribution >= 4 is 50.2 Å². The summed E-state index contributed by atoms with van der Waals surface area (Å²) in [7, 11) is -3.68. The Morgan fingerprint density at radius 3 is 2.50 bits per heavy atom. The first kappa shape index (κ1) is 19.5. The summed E-state index contributed by atoms with van der Waals surface area (Å²) in [5.41, 5.74) is 0. The molecule has 3 aromatic rings. The zero-order valence-corrected chi connectivity index (χ0v) is 17.8. The fraction of sp³-hybridized carbons (Fsp3) is 0.222. The van der Waals surface area contributed by atoms with Crippen LogP contribution >= 0.6 is 34.3 Å². The predicted octanol–water partition coefficient (Wildman–Crippen LogP) is 3.67. The molecule has 1 saturated heterocycles. The third kappa shape index (κ3) is 3.72. The Labute approximate surface area is 176 Å². The molecule has 0 radical (unpaired) electrons. The number of amides is 1. The molecule has 0 bridgehead atoms. The highest BCUT2D eigenvalue weighted by atomic mass is 35.5. The van der Waals surface area contributed by atoms with E-state index in [4.69, 9.17) is 11.6 Å². The van der Waals surface area contributed by atoms with Crippen molar-refractivity contribution in [3.8, 4) is 9.88 Å². The molecule has 28 heavy (non-hydrogen) atoms. The van der Waals surface area contributed by atoms with Crippen LogP contribution in [0, 0.1) is 0 Å². The maximum absolute atomic E-state index is 12.8. The molecule has 3 heterocycles. The summed E-state index contributed by atoms with van der Waals surface area (Å²) in [5, 5.41) is 2.99. The molecule has 1 fully saturated rings. The zero-order chi connectivity index (χ0) is 19.7. The van der Waals surface area contributed by atoms with Crippen LogP contribution in [0.2, 0.25) is 5.02 Å². The topological polar surface area (TPSA) is 70.6 Å². The molecule has 0 atom stereocenters. The van der Waals surface area contributed by atoms with Gasteiger partial charge in [0.25, 0.3) is 5.91 Å². The first-order valence-corrected chi connectivity index (χ1v) is 12.0. The minimum absolute atomic E-state index is 0.0967. The van der Waals surface area contributed by atoms with Crippen molar-refractivity contribution in [3.63, 3.8) is 0 Å². The number of carbonyl (C=O) groups excluding carboxylic acids is 1. The normalized spacial score (nSPS) is 15.7. The van der Waals surface area contributed by atoms with E-state index in [2.05, 4.69) is 4.98 Å². The van der Waals surface area contributed by atoms with E-state index in [9.17, 15) is 13.2 Å². The van der Waals surface area contributed by atoms with Crippen molar-refractivity contribution < 1.29 is 13.2 Å². The van der Waals surface area contributed by atoms with Crippen molar-refractivity contribution in [1.29, 1.82) is 0 Å². The smallest absolute Gasteiger partial charge is 0.265 e. The average molecular weight is 454 g/mol. The molecule has 0 unspecified atom stereocenters. The number of nitrogens with zero attached hydrogens (tertiary/aromatic N) is 3. The number of rotatable bonds is 4. The lowest BCUT2D eigenvalue weighted by Crippen LogP contribution is -2.50. The van der Waals surface area contributed by atoms with Crippen LogP contribution in [-0.4, -0.2) is 54.7 Å². The zero-order valence-electron chi connectivity index (χ0n) is 14.6. The summed E-state index contributed by atoms with van der Waals surface area (Å²) < 4.78 is 27.0. The van der Waals surface area contributed by atoms with Crippen LogP contribution in [0.1, 0.15) is 9.67 Å². The Morgan fingerprint density at radius 2 is 1.82 bits per heavy atom. The van der Waals surface area contributed by atoms with E-state index in [1.54, 1.807) is 40.6 Å². The van der Waals surface area contributed by atoms with Gasteiger partial charge in [-0.05, 0) is 23.6 Å². The van der Waals surface area contributed by atoms with E-state index >= 15 is 0 Å². The quantitative estimate of drug-likeness (QED) is 0.604. The van der Waals surface area contributed by atoms with Gasteiger partial charge in [0.15, 0.2) is 0 Å². The van der Waals surface area contributed by atoms with Gasteiger partial charge < -0.3 is 4.90 Å². The van der Waals surface area contributed by atoms with Gasteiger partial charge >= 0.3 is 0 Å². The Kier molecular flexibility index (Phi) is 5.52. The van der Waals surface area contributed by atoms with Crippen LogP contribution in [0.3, 0.4) is 0 Å². The van der Waals surface area contributed by atoms with Gasteiger partial charge in [-0.25, -0.2) is 13.4 Å². The second-order valence-electron chi connectivity index (χ2n) is 6.13. The van der Waals surface area contributed by atoms with Gasteiger partial charge in [-0.15, -0.1) is 22.7 Å². The van der Waals surface area contributed by atoms with Crippen molar-refractivity contribution in [3.05, 3.63) is 57.9 Å². The molecule has 1 aliphatic heterocycles. The molecule has 0 spiro atoms. The molecule has 1 amide bonds. The van der Waals surface area contributed by atoms with Crippen molar-refractivity contribution in [2.45, 2.75) is 4.90 Å². The van der Waals surface area contributed by atoms with Gasteiger partial charge in [0.1, 0.15) is 14.8 Å². The van der Waals surface area contributed by atoms with Gasteiger partial charge in [0.05, 0.1) is 16.1 Å². The highest BCUT2D eigenvalue weighted by molar-refractivity contribution is 7.89. The van der Waals surface area contributed by atoms with Crippen LogP contribution in [-0.2, 0) is 10.0 Å². The van der Waals surface area contributed by atoms with Crippen LogP contribution in [0.15, 0.2) is 52.9 Å². The number of aromatic nitrogens is 1. The Hall–Kier alpha value is -1.78. The van der Waals surface area contributed by atoms with E-state index in [0.29, 0.717) is 18.0 Å². The molecule has 10 heteroatoms. The maximum Gasteiger partial charge on any atom is 0.265 e. The number of benzene rings is 1. The van der Waals surface area contributed by atoms with E-state index in [1.807, 2.05) is 17.5 Å². The van der Waals surface area contributed by atoms with Crippen LogP contribution < -0.4 is 0 Å². The molecule has 0 N–H and O–H groups in total. The lowest BCUT2D eigenvalue weighted by molar-refractivity contribution is 0.0702. The number of hydrogen-bond donors (Lipinski definition) is 0. The Morgan fingerprint density at radius 1 is 1.07 bits per heavy atom. The molecule has 2 aromatic heterocycles. The second-order valence-corrected chi connectivity index (χ2v) is 10.4. The van der Waals surface area contributed by atoms with Gasteiger partial charge in [0, 0.05) is 26.2 Å². The molecule has 146 valence electrons. The Balaban J connectivity index is 1.44. The number of hydrogen-bond acceptors (Lipinski definition) is 6. The molecule has 1 aliphatic rings. The van der Waals surface area contributed by atoms with Gasteiger partial charge in [-0.2, -0.15) is 4.31 Å². The summed E-state index contributed by atoms with van der Waals surface area (Å²) in [6.45, 7) is 1.12. The first-order chi connectivity index (χ1) is 13.5. The summed E-state index contributed by atoms with van der Waals surface area (Å²) in [6.07, 6.45) is 1.59. The highest BCUT2D eigenvalue weighted by Gasteiger charge is 2.32. The molecule has 4 rings (SSSR count). The lowest BCUT2D eigenvalue weighted by atomic mass is 10.3. The summed E-state index contributed by atoms with van der Waals surface area (Å²) >= 11 is 8.99. The minimum atomic E-state index is -3.68. The summed E-state index contributed by atoms with van der Waals surface area (Å²) in [4.78, 5) is 20.5. The van der Waals surface area contributed by atoms with Crippen LogP contribution in [0.25, 0.3) is 9.88 Å². The number of sulfonamides is 1. The molecular weight excluding hydrogens is 438 g/mol. The van der Waals surface area contributed by atoms with E-state index in [1.165, 1.54) is 21.7 Å². The molecular formula is C18H16ClN3O3S3. The van der Waals surface area contributed by atoms with Crippen molar-refractivity contribution in [2.24, 2.45) is 0 Å². The van der Waals surface area contributed by atoms with Gasteiger partial charge in [-0.1, -0.05) is 29.8 Å². The fourth-order valence-corrected chi connectivity index (χ4v) is 6.57. The lowest BCUT2D eigenvalue weighted by Gasteiger charge is -2.33. The van der Waals surface area contributed by atoms with Gasteiger partial charge in [0.2, 0.25) is 10.0 Å². The molecule has 6 nitrogen and oxygen atoms in total. The third-order valence-electron chi connectivity index (χ3n) is 4.43. The second kappa shape index (κ2) is 7.92. The summed E-state index contributed by atoms with van der Waals surface area (Å²) in [5.74, 6) is -0.116. The average Bonchev–Trinajstić information content (AvgIpc) is 3.39. The molecule has 0 saturated carbocycles. The van der Waals surface area contributed by atoms with E-state index in [0.717, 1.165) is 9.88 Å². The standard InChI is InChI=1S/C18H16ClN3O3S3/c19-13-4-1-2-6-16(13)28(24,25)22-9-7-21(8-10-22)18(23)15-12-20-17(27-15)14-5-3-11-26-14/h1-6,11-12H,7-10H2. The summed E-state index contributed by atoms with van der Waals surface area (Å²) in [6, 6.07) is 10.3. The first-order valence-electron chi connectivity index (χ1n) is 8.50. The maximum atomic E-state index is 12.8. The number of carbonyl (C=O) groups is 1. The van der Waals surface area contributed by atoms with Crippen molar-refractivity contribution in [2.75, 3.05) is 26.2 Å². The van der Waals surface area contributed by atoms with Crippen LogP contribution in [0.5, 0.6) is 0 Å². The number of thiazole rings is 1. The number of thiophene rings is 1. The van der Waals surface area contributed by atoms with E-state index < -0.39 is 10.0 Å². The monoisotopic (exact) mass is 453 g/mol. The Bertz CT molecular complexity index is 1090. The van der Waals surface area contributed by atoms with Crippen molar-refractivity contribution in [1.82, 2.24) is 14.2 Å². The molecule has 0 aliphatic carbocycles. The number of halogens is 1. The largest absolute Gasteiger partial charge is 0.335 e. The SMILES string of the molecule is O=C(c1cnc(-c2cccs2)s1)N1CCN(S(=O)(=O)c2ccccc2Cl)CC1. The number of piperazine rings is 1.